The summed E-state index contributed by atoms with van der Waals surface area (Å²) in [5.41, 5.74) is 8.44. The molecular weight excluding hydrogens is 178 g/mol. The van der Waals surface area contributed by atoms with E-state index in [1.807, 2.05) is 24.7 Å². The van der Waals surface area contributed by atoms with Crippen molar-refractivity contribution in [3.63, 3.8) is 0 Å². The maximum Gasteiger partial charge on any atom is 0.109 e. The maximum absolute atomic E-state index is 5.83. The maximum atomic E-state index is 5.83. The molecule has 0 radical (unpaired) electrons. The van der Waals surface area contributed by atoms with Crippen molar-refractivity contribution in [3.8, 4) is 11.4 Å². The van der Waals surface area contributed by atoms with Gasteiger partial charge in [-0.15, -0.1) is 0 Å². The van der Waals surface area contributed by atoms with Gasteiger partial charge >= 0.3 is 0 Å². The van der Waals surface area contributed by atoms with Crippen LogP contribution in [0.5, 0.6) is 0 Å². The normalized spacial score (nSPS) is 10.7. The number of nitrogen functional groups attached to an aromatic ring is 1. The predicted octanol–water partition coefficient (Wildman–Crippen LogP) is 0.886. The fourth-order valence-corrected chi connectivity index (χ4v) is 1.55. The fourth-order valence-electron chi connectivity index (χ4n) is 1.55. The average molecular weight is 191 g/mol. The van der Waals surface area contributed by atoms with Crippen molar-refractivity contribution in [3.05, 3.63) is 18.5 Å². The summed E-state index contributed by atoms with van der Waals surface area (Å²) in [7, 11) is 1.87. The first-order valence-electron chi connectivity index (χ1n) is 4.53. The molecule has 0 aliphatic rings. The Bertz CT molecular complexity index is 420. The Labute approximate surface area is 82.1 Å². The van der Waals surface area contributed by atoms with Gasteiger partial charge in [0.05, 0.1) is 17.6 Å². The molecule has 0 bridgehead atoms. The number of nitrogens with zero attached hydrogens (tertiary/aromatic N) is 4. The van der Waals surface area contributed by atoms with Crippen LogP contribution in [0.4, 0.5) is 5.69 Å². The van der Waals surface area contributed by atoms with E-state index in [0.29, 0.717) is 5.69 Å². The zero-order chi connectivity index (χ0) is 10.1. The quantitative estimate of drug-likeness (QED) is 0.766. The Morgan fingerprint density at radius 1 is 1.43 bits per heavy atom. The summed E-state index contributed by atoms with van der Waals surface area (Å²) in [6.45, 7) is 2.87. The van der Waals surface area contributed by atoms with E-state index in [1.54, 1.807) is 17.1 Å². The van der Waals surface area contributed by atoms with Crippen LogP contribution < -0.4 is 5.73 Å². The summed E-state index contributed by atoms with van der Waals surface area (Å²) in [5.74, 6) is 0. The minimum Gasteiger partial charge on any atom is -0.396 e. The molecule has 2 aromatic rings. The second-order valence-corrected chi connectivity index (χ2v) is 3.10. The molecule has 0 saturated carbocycles. The molecule has 0 atom stereocenters. The summed E-state index contributed by atoms with van der Waals surface area (Å²) in [5, 5.41) is 8.29. The first-order valence-corrected chi connectivity index (χ1v) is 4.53. The van der Waals surface area contributed by atoms with Crippen molar-refractivity contribution >= 4 is 5.69 Å². The number of rotatable bonds is 2. The molecule has 14 heavy (non-hydrogen) atoms. The number of hydrogen-bond donors (Lipinski definition) is 1. The van der Waals surface area contributed by atoms with E-state index >= 15 is 0 Å². The molecule has 0 amide bonds. The van der Waals surface area contributed by atoms with E-state index in [2.05, 4.69) is 10.2 Å². The van der Waals surface area contributed by atoms with E-state index in [9.17, 15) is 0 Å². The van der Waals surface area contributed by atoms with Crippen molar-refractivity contribution in [2.75, 3.05) is 5.73 Å². The van der Waals surface area contributed by atoms with E-state index in [1.165, 1.54) is 0 Å². The lowest BCUT2D eigenvalue weighted by molar-refractivity contribution is 0.658. The molecular formula is C9H13N5. The first-order chi connectivity index (χ1) is 6.74. The van der Waals surface area contributed by atoms with Crippen molar-refractivity contribution < 1.29 is 0 Å². The topological polar surface area (TPSA) is 61.7 Å². The van der Waals surface area contributed by atoms with Crippen LogP contribution >= 0.6 is 0 Å². The summed E-state index contributed by atoms with van der Waals surface area (Å²) < 4.78 is 3.66. The molecule has 2 rings (SSSR count). The SMILES string of the molecule is CCn1nccc1-c1c(N)cnn1C. The molecule has 0 aromatic carbocycles. The van der Waals surface area contributed by atoms with Crippen LogP contribution in [-0.2, 0) is 13.6 Å². The molecule has 2 heterocycles. The molecule has 0 fully saturated rings. The van der Waals surface area contributed by atoms with Gasteiger partial charge in [-0.25, -0.2) is 0 Å². The molecule has 0 saturated heterocycles. The lowest BCUT2D eigenvalue weighted by atomic mass is 10.3. The van der Waals surface area contributed by atoms with Gasteiger partial charge in [-0.05, 0) is 13.0 Å². The van der Waals surface area contributed by atoms with Gasteiger partial charge in [0.1, 0.15) is 5.69 Å². The Hall–Kier alpha value is -1.78. The van der Waals surface area contributed by atoms with Gasteiger partial charge < -0.3 is 5.73 Å². The van der Waals surface area contributed by atoms with E-state index in [0.717, 1.165) is 17.9 Å². The standard InChI is InChI=1S/C9H13N5/c1-3-14-8(4-5-11-14)9-7(10)6-12-13(9)2/h4-6H,3,10H2,1-2H3. The third kappa shape index (κ3) is 1.17. The number of nitrogens with two attached hydrogens (primary N) is 1. The van der Waals surface area contributed by atoms with Gasteiger partial charge in [0.2, 0.25) is 0 Å². The van der Waals surface area contributed by atoms with Crippen LogP contribution in [0.25, 0.3) is 11.4 Å². The van der Waals surface area contributed by atoms with Gasteiger partial charge in [0.25, 0.3) is 0 Å². The zero-order valence-corrected chi connectivity index (χ0v) is 8.31. The molecule has 0 unspecified atom stereocenters. The monoisotopic (exact) mass is 191 g/mol. The smallest absolute Gasteiger partial charge is 0.109 e. The summed E-state index contributed by atoms with van der Waals surface area (Å²) in [6.07, 6.45) is 3.42. The highest BCUT2D eigenvalue weighted by molar-refractivity contribution is 5.69. The number of aromatic nitrogens is 4. The molecule has 5 nitrogen and oxygen atoms in total. The Morgan fingerprint density at radius 2 is 2.21 bits per heavy atom. The van der Waals surface area contributed by atoms with Crippen molar-refractivity contribution in [1.29, 1.82) is 0 Å². The highest BCUT2D eigenvalue weighted by Gasteiger charge is 2.11. The number of hydrogen-bond acceptors (Lipinski definition) is 3. The zero-order valence-electron chi connectivity index (χ0n) is 8.31. The summed E-state index contributed by atoms with van der Waals surface area (Å²) in [4.78, 5) is 0. The van der Waals surface area contributed by atoms with Crippen LogP contribution in [0.15, 0.2) is 18.5 Å². The highest BCUT2D eigenvalue weighted by Crippen LogP contribution is 2.24. The van der Waals surface area contributed by atoms with E-state index in [4.69, 9.17) is 5.73 Å². The van der Waals surface area contributed by atoms with Crippen molar-refractivity contribution in [2.45, 2.75) is 13.5 Å². The summed E-state index contributed by atoms with van der Waals surface area (Å²) >= 11 is 0. The predicted molar refractivity (Wildman–Crippen MR) is 54.5 cm³/mol. The van der Waals surface area contributed by atoms with Gasteiger partial charge in [-0.1, -0.05) is 0 Å². The van der Waals surface area contributed by atoms with Crippen LogP contribution in [0.2, 0.25) is 0 Å². The minimum absolute atomic E-state index is 0.683. The van der Waals surface area contributed by atoms with E-state index in [-0.39, 0.29) is 0 Å². The van der Waals surface area contributed by atoms with Gasteiger partial charge in [-0.2, -0.15) is 10.2 Å². The Kier molecular flexibility index (Phi) is 1.99. The lowest BCUT2D eigenvalue weighted by Crippen LogP contribution is -2.03. The molecule has 2 N–H and O–H groups in total. The van der Waals surface area contributed by atoms with Gasteiger partial charge in [0.15, 0.2) is 0 Å². The minimum atomic E-state index is 0.683. The molecule has 0 aliphatic heterocycles. The van der Waals surface area contributed by atoms with Crippen LogP contribution in [0, 0.1) is 0 Å². The molecule has 74 valence electrons. The van der Waals surface area contributed by atoms with Gasteiger partial charge in [0, 0.05) is 19.8 Å². The molecule has 2 aromatic heterocycles. The third-order valence-corrected chi connectivity index (χ3v) is 2.23. The van der Waals surface area contributed by atoms with Gasteiger partial charge in [-0.3, -0.25) is 9.36 Å². The molecule has 0 spiro atoms. The Morgan fingerprint density at radius 3 is 2.79 bits per heavy atom. The lowest BCUT2D eigenvalue weighted by Gasteiger charge is -2.05. The fraction of sp³-hybridized carbons (Fsp3) is 0.333. The van der Waals surface area contributed by atoms with Crippen LogP contribution in [-0.4, -0.2) is 19.6 Å². The molecule has 5 heteroatoms. The average Bonchev–Trinajstić information content (AvgIpc) is 2.73. The van der Waals surface area contributed by atoms with Crippen LogP contribution in [0.1, 0.15) is 6.92 Å². The highest BCUT2D eigenvalue weighted by atomic mass is 15.3. The number of aryl methyl sites for hydroxylation is 2. The van der Waals surface area contributed by atoms with Crippen molar-refractivity contribution in [2.24, 2.45) is 7.05 Å². The largest absolute Gasteiger partial charge is 0.396 e. The Balaban J connectivity index is 2.59. The summed E-state index contributed by atoms with van der Waals surface area (Å²) in [6, 6.07) is 1.94. The van der Waals surface area contributed by atoms with Crippen LogP contribution in [0.3, 0.4) is 0 Å². The molecule has 0 aliphatic carbocycles. The van der Waals surface area contributed by atoms with E-state index < -0.39 is 0 Å². The van der Waals surface area contributed by atoms with Crippen molar-refractivity contribution in [1.82, 2.24) is 19.6 Å². The number of anilines is 1. The second-order valence-electron chi connectivity index (χ2n) is 3.10. The first kappa shape index (κ1) is 8.80. The third-order valence-electron chi connectivity index (χ3n) is 2.23. The second kappa shape index (κ2) is 3.17.